The summed E-state index contributed by atoms with van der Waals surface area (Å²) in [5, 5.41) is 3.69. The number of nitrogens with one attached hydrogen (secondary N) is 1. The summed E-state index contributed by atoms with van der Waals surface area (Å²) in [5.41, 5.74) is 0.399. The van der Waals surface area contributed by atoms with Crippen LogP contribution < -0.4 is 5.32 Å². The zero-order valence-corrected chi connectivity index (χ0v) is 15.3. The highest BCUT2D eigenvalue weighted by Gasteiger charge is 2.44. The molecule has 1 fully saturated rings. The average molecular weight is 299 g/mol. The van der Waals surface area contributed by atoms with E-state index in [1.165, 1.54) is 12.8 Å². The van der Waals surface area contributed by atoms with Crippen LogP contribution in [0.3, 0.4) is 0 Å². The molecule has 21 heavy (non-hydrogen) atoms. The lowest BCUT2D eigenvalue weighted by atomic mass is 9.67. The second kappa shape index (κ2) is 7.43. The number of rotatable bonds is 8. The molecule has 0 aliphatic heterocycles. The van der Waals surface area contributed by atoms with E-state index >= 15 is 0 Å². The summed E-state index contributed by atoms with van der Waals surface area (Å²) < 4.78 is 11.7. The van der Waals surface area contributed by atoms with Crippen molar-refractivity contribution >= 4 is 0 Å². The van der Waals surface area contributed by atoms with Crippen molar-refractivity contribution in [2.45, 2.75) is 90.4 Å². The Balaban J connectivity index is 2.76. The molecule has 0 saturated heterocycles. The predicted molar refractivity (Wildman–Crippen MR) is 89.8 cm³/mol. The Morgan fingerprint density at radius 1 is 1.10 bits per heavy atom. The lowest BCUT2D eigenvalue weighted by molar-refractivity contribution is -0.0923. The molecule has 1 aliphatic rings. The van der Waals surface area contributed by atoms with Gasteiger partial charge in [0, 0.05) is 20.3 Å². The van der Waals surface area contributed by atoms with E-state index in [2.05, 4.69) is 39.9 Å². The summed E-state index contributed by atoms with van der Waals surface area (Å²) in [4.78, 5) is 0. The van der Waals surface area contributed by atoms with Crippen molar-refractivity contribution in [3.05, 3.63) is 0 Å². The summed E-state index contributed by atoms with van der Waals surface area (Å²) >= 11 is 0. The highest BCUT2D eigenvalue weighted by Crippen LogP contribution is 2.44. The van der Waals surface area contributed by atoms with E-state index in [-0.39, 0.29) is 11.2 Å². The lowest BCUT2D eigenvalue weighted by Crippen LogP contribution is -2.55. The van der Waals surface area contributed by atoms with Gasteiger partial charge in [-0.3, -0.25) is 0 Å². The highest BCUT2D eigenvalue weighted by atomic mass is 16.5. The highest BCUT2D eigenvalue weighted by molar-refractivity contribution is 4.99. The predicted octanol–water partition coefficient (Wildman–Crippen LogP) is 4.16. The van der Waals surface area contributed by atoms with E-state index in [9.17, 15) is 0 Å². The zero-order valence-electron chi connectivity index (χ0n) is 15.3. The van der Waals surface area contributed by atoms with Crippen molar-refractivity contribution < 1.29 is 9.47 Å². The van der Waals surface area contributed by atoms with Crippen LogP contribution in [0.4, 0.5) is 0 Å². The summed E-state index contributed by atoms with van der Waals surface area (Å²) in [6, 6.07) is 0.415. The molecular formula is C18H37NO2. The Kier molecular flexibility index (Phi) is 6.70. The van der Waals surface area contributed by atoms with Crippen LogP contribution in [0.5, 0.6) is 0 Å². The van der Waals surface area contributed by atoms with E-state index in [1.54, 1.807) is 7.11 Å². The minimum absolute atomic E-state index is 0.00461. The van der Waals surface area contributed by atoms with E-state index in [4.69, 9.17) is 9.47 Å². The van der Waals surface area contributed by atoms with E-state index < -0.39 is 0 Å². The van der Waals surface area contributed by atoms with Crippen molar-refractivity contribution in [1.29, 1.82) is 0 Å². The van der Waals surface area contributed by atoms with Crippen molar-refractivity contribution in [3.8, 4) is 0 Å². The number of likely N-dealkylation sites (N-methyl/N-ethyl adjacent to an activating group) is 1. The molecule has 1 saturated carbocycles. The van der Waals surface area contributed by atoms with Crippen LogP contribution in [0.2, 0.25) is 0 Å². The second-order valence-electron chi connectivity index (χ2n) is 8.05. The van der Waals surface area contributed by atoms with Gasteiger partial charge in [0.1, 0.15) is 0 Å². The summed E-state index contributed by atoms with van der Waals surface area (Å²) in [5.74, 6) is 0. The molecule has 126 valence electrons. The third-order valence-corrected chi connectivity index (χ3v) is 5.53. The van der Waals surface area contributed by atoms with Gasteiger partial charge in [0.25, 0.3) is 0 Å². The van der Waals surface area contributed by atoms with Gasteiger partial charge in [-0.1, -0.05) is 20.8 Å². The molecule has 0 spiro atoms. The molecule has 1 rings (SSSR count). The minimum Gasteiger partial charge on any atom is -0.379 e. The maximum absolute atomic E-state index is 6.08. The molecule has 0 aromatic rings. The summed E-state index contributed by atoms with van der Waals surface area (Å²) in [6.45, 7) is 12.3. The zero-order chi connectivity index (χ0) is 16.1. The molecule has 1 aliphatic carbocycles. The van der Waals surface area contributed by atoms with E-state index in [0.717, 1.165) is 32.2 Å². The largest absolute Gasteiger partial charge is 0.379 e. The van der Waals surface area contributed by atoms with Gasteiger partial charge in [0.15, 0.2) is 0 Å². The maximum Gasteiger partial charge on any atom is 0.0831 e. The fraction of sp³-hybridized carbons (Fsp3) is 1.00. The molecule has 3 heteroatoms. The molecular weight excluding hydrogens is 262 g/mol. The molecule has 0 amide bonds. The van der Waals surface area contributed by atoms with Gasteiger partial charge in [0.2, 0.25) is 0 Å². The molecule has 3 nitrogen and oxygen atoms in total. The van der Waals surface area contributed by atoms with Crippen LogP contribution in [0.25, 0.3) is 0 Å². The maximum atomic E-state index is 6.08. The van der Waals surface area contributed by atoms with Gasteiger partial charge in [-0.2, -0.15) is 0 Å². The molecule has 0 radical (unpaired) electrons. The Morgan fingerprint density at radius 3 is 2.10 bits per heavy atom. The molecule has 0 heterocycles. The van der Waals surface area contributed by atoms with Gasteiger partial charge >= 0.3 is 0 Å². The fourth-order valence-electron chi connectivity index (χ4n) is 3.44. The molecule has 1 unspecified atom stereocenters. The summed E-state index contributed by atoms with van der Waals surface area (Å²) in [7, 11) is 3.70. The number of hydrogen-bond acceptors (Lipinski definition) is 3. The Hall–Kier alpha value is -0.120. The molecule has 1 N–H and O–H groups in total. The monoisotopic (exact) mass is 299 g/mol. The van der Waals surface area contributed by atoms with Crippen molar-refractivity contribution in [3.63, 3.8) is 0 Å². The Bertz CT molecular complexity index is 302. The van der Waals surface area contributed by atoms with Crippen molar-refractivity contribution in [2.24, 2.45) is 5.41 Å². The minimum atomic E-state index is -0.0590. The number of hydrogen-bond donors (Lipinski definition) is 1. The molecule has 0 aromatic heterocycles. The van der Waals surface area contributed by atoms with Gasteiger partial charge in [-0.05, 0) is 64.3 Å². The number of methoxy groups -OCH3 is 2. The van der Waals surface area contributed by atoms with Crippen LogP contribution >= 0.6 is 0 Å². The normalized spacial score (nSPS) is 23.0. The second-order valence-corrected chi connectivity index (χ2v) is 8.05. The first-order chi connectivity index (χ1) is 9.70. The van der Waals surface area contributed by atoms with E-state index in [1.807, 2.05) is 7.11 Å². The van der Waals surface area contributed by atoms with Gasteiger partial charge in [-0.25, -0.2) is 0 Å². The van der Waals surface area contributed by atoms with Crippen LogP contribution in [0, 0.1) is 5.41 Å². The van der Waals surface area contributed by atoms with Gasteiger partial charge in [-0.15, -0.1) is 0 Å². The third kappa shape index (κ3) is 5.22. The SMILES string of the molecule is CCNC(CCC(C)(C)OC)C1(OC)CCC(C)(C)CC1. The van der Waals surface area contributed by atoms with Gasteiger partial charge in [0.05, 0.1) is 11.2 Å². The average Bonchev–Trinajstić information content (AvgIpc) is 2.44. The van der Waals surface area contributed by atoms with E-state index in [0.29, 0.717) is 11.5 Å². The van der Waals surface area contributed by atoms with Crippen LogP contribution in [-0.4, -0.2) is 38.0 Å². The first kappa shape index (κ1) is 18.9. The summed E-state index contributed by atoms with van der Waals surface area (Å²) in [6.07, 6.45) is 6.95. The topological polar surface area (TPSA) is 30.5 Å². The van der Waals surface area contributed by atoms with Crippen molar-refractivity contribution in [2.75, 3.05) is 20.8 Å². The first-order valence-corrected chi connectivity index (χ1v) is 8.54. The van der Waals surface area contributed by atoms with Gasteiger partial charge < -0.3 is 14.8 Å². The molecule has 1 atom stereocenters. The van der Waals surface area contributed by atoms with Crippen molar-refractivity contribution in [1.82, 2.24) is 5.32 Å². The van der Waals surface area contributed by atoms with Crippen LogP contribution in [-0.2, 0) is 9.47 Å². The van der Waals surface area contributed by atoms with Crippen LogP contribution in [0.1, 0.15) is 73.1 Å². The quantitative estimate of drug-likeness (QED) is 0.730. The van der Waals surface area contributed by atoms with Crippen LogP contribution in [0.15, 0.2) is 0 Å². The molecule has 0 bridgehead atoms. The smallest absolute Gasteiger partial charge is 0.0831 e. The molecule has 0 aromatic carbocycles. The fourth-order valence-corrected chi connectivity index (χ4v) is 3.44. The Morgan fingerprint density at radius 2 is 1.67 bits per heavy atom. The Labute approximate surface area is 132 Å². The standard InChI is InChI=1S/C18H37NO2/c1-8-19-15(9-10-17(4,5)20-6)18(21-7)13-11-16(2,3)12-14-18/h15,19H,8-14H2,1-7H3. The number of ether oxygens (including phenoxy) is 2. The first-order valence-electron chi connectivity index (χ1n) is 8.54. The lowest BCUT2D eigenvalue weighted by Gasteiger charge is -2.47. The third-order valence-electron chi connectivity index (χ3n) is 5.53.